The molecule has 232 valence electrons. The minimum absolute atomic E-state index is 1.13. The predicted octanol–water partition coefficient (Wildman–Crippen LogP) is 14.9. The second kappa shape index (κ2) is 12.8. The average Bonchev–Trinajstić information content (AvgIpc) is 3.87. The largest absolute Gasteiger partial charge is 0.135 e. The first kappa shape index (κ1) is 30.0. The van der Waals surface area contributed by atoms with Gasteiger partial charge in [0.15, 0.2) is 0 Å². The van der Waals surface area contributed by atoms with Crippen molar-refractivity contribution in [1.82, 2.24) is 0 Å². The maximum Gasteiger partial charge on any atom is 0.0349 e. The summed E-state index contributed by atoms with van der Waals surface area (Å²) in [6, 6.07) is 63.9. The smallest absolute Gasteiger partial charge is 0.0349 e. The van der Waals surface area contributed by atoms with Crippen LogP contribution in [0.3, 0.4) is 0 Å². The Kier molecular flexibility index (Phi) is 7.82. The van der Waals surface area contributed by atoms with Crippen molar-refractivity contribution in [3.8, 4) is 64.0 Å². The average molecular weight is 726 g/mol. The standard InChI is InChI=1S/C46H29BrS2/c47-46-38-21-9-19-36(32-15-7-17-34(27-32)44-25-23-42(48-44)30-11-3-1-4-12-30)40(38)29-41-37(20-10-22-39(41)46)33-16-8-18-35(28-33)45-26-24-43(49-45)31-13-5-2-6-14-31/h1-29H. The van der Waals surface area contributed by atoms with Crippen LogP contribution in [0.25, 0.3) is 85.6 Å². The molecular formula is C46H29BrS2. The Labute approximate surface area is 302 Å². The minimum atomic E-state index is 1.13. The highest BCUT2D eigenvalue weighted by molar-refractivity contribution is 9.10. The van der Waals surface area contributed by atoms with E-state index < -0.39 is 0 Å². The van der Waals surface area contributed by atoms with E-state index >= 15 is 0 Å². The number of halogens is 1. The summed E-state index contributed by atoms with van der Waals surface area (Å²) in [4.78, 5) is 5.12. The molecule has 2 aromatic heterocycles. The van der Waals surface area contributed by atoms with E-state index in [2.05, 4.69) is 192 Å². The van der Waals surface area contributed by atoms with E-state index in [9.17, 15) is 0 Å². The molecule has 7 aromatic carbocycles. The lowest BCUT2D eigenvalue weighted by Gasteiger charge is -2.15. The van der Waals surface area contributed by atoms with Gasteiger partial charge in [0, 0.05) is 24.0 Å². The van der Waals surface area contributed by atoms with Crippen molar-refractivity contribution < 1.29 is 0 Å². The number of hydrogen-bond donors (Lipinski definition) is 0. The molecule has 3 heteroatoms. The summed E-state index contributed by atoms with van der Waals surface area (Å²) in [6.45, 7) is 0. The van der Waals surface area contributed by atoms with E-state index in [1.807, 2.05) is 22.7 Å². The summed E-state index contributed by atoms with van der Waals surface area (Å²) in [5.74, 6) is 0. The molecule has 0 radical (unpaired) electrons. The second-order valence-corrected chi connectivity index (χ2v) is 15.2. The van der Waals surface area contributed by atoms with Gasteiger partial charge in [-0.1, -0.05) is 133 Å². The number of fused-ring (bicyclic) bond motifs is 2. The fraction of sp³-hybridized carbons (Fsp3) is 0. The lowest BCUT2D eigenvalue weighted by atomic mass is 9.91. The summed E-state index contributed by atoms with van der Waals surface area (Å²) in [5, 5.41) is 4.92. The third-order valence-electron chi connectivity index (χ3n) is 9.22. The Morgan fingerprint density at radius 1 is 0.286 bits per heavy atom. The normalized spacial score (nSPS) is 11.4. The Morgan fingerprint density at radius 3 is 1.10 bits per heavy atom. The molecule has 0 spiro atoms. The summed E-state index contributed by atoms with van der Waals surface area (Å²) >= 11 is 7.74. The number of thiophene rings is 2. The van der Waals surface area contributed by atoms with Crippen LogP contribution in [0.5, 0.6) is 0 Å². The molecule has 0 N–H and O–H groups in total. The molecule has 0 fully saturated rings. The van der Waals surface area contributed by atoms with Crippen LogP contribution >= 0.6 is 38.6 Å². The first-order valence-electron chi connectivity index (χ1n) is 16.4. The molecule has 0 nitrogen and oxygen atoms in total. The molecule has 0 saturated heterocycles. The highest BCUT2D eigenvalue weighted by atomic mass is 79.9. The van der Waals surface area contributed by atoms with Crippen LogP contribution in [0.15, 0.2) is 180 Å². The summed E-state index contributed by atoms with van der Waals surface area (Å²) in [6.07, 6.45) is 0. The van der Waals surface area contributed by atoms with Gasteiger partial charge in [-0.05, 0) is 124 Å². The summed E-state index contributed by atoms with van der Waals surface area (Å²) in [5.41, 5.74) is 9.90. The molecule has 0 amide bonds. The van der Waals surface area contributed by atoms with E-state index in [1.54, 1.807) is 0 Å². The molecule has 0 bridgehead atoms. The van der Waals surface area contributed by atoms with E-state index in [1.165, 1.54) is 85.6 Å². The predicted molar refractivity (Wildman–Crippen MR) is 218 cm³/mol. The van der Waals surface area contributed by atoms with Gasteiger partial charge in [-0.3, -0.25) is 0 Å². The maximum absolute atomic E-state index is 4.05. The van der Waals surface area contributed by atoms with Crippen molar-refractivity contribution >= 4 is 60.1 Å². The molecular weight excluding hydrogens is 697 g/mol. The van der Waals surface area contributed by atoms with Crippen LogP contribution in [0.4, 0.5) is 0 Å². The van der Waals surface area contributed by atoms with Crippen LogP contribution in [-0.2, 0) is 0 Å². The molecule has 49 heavy (non-hydrogen) atoms. The minimum Gasteiger partial charge on any atom is -0.135 e. The quantitative estimate of drug-likeness (QED) is 0.150. The highest BCUT2D eigenvalue weighted by Gasteiger charge is 2.15. The zero-order chi connectivity index (χ0) is 32.7. The first-order chi connectivity index (χ1) is 24.2. The van der Waals surface area contributed by atoms with Crippen LogP contribution in [0, 0.1) is 0 Å². The molecule has 2 heterocycles. The van der Waals surface area contributed by atoms with Gasteiger partial charge in [-0.15, -0.1) is 22.7 Å². The van der Waals surface area contributed by atoms with Gasteiger partial charge in [-0.25, -0.2) is 0 Å². The molecule has 0 aliphatic rings. The zero-order valence-electron chi connectivity index (χ0n) is 26.4. The third-order valence-corrected chi connectivity index (χ3v) is 12.4. The van der Waals surface area contributed by atoms with Gasteiger partial charge >= 0.3 is 0 Å². The maximum atomic E-state index is 4.05. The van der Waals surface area contributed by atoms with E-state index in [0.717, 1.165) is 4.47 Å². The van der Waals surface area contributed by atoms with Gasteiger partial charge in [-0.2, -0.15) is 0 Å². The first-order valence-corrected chi connectivity index (χ1v) is 18.8. The Morgan fingerprint density at radius 2 is 0.653 bits per heavy atom. The molecule has 0 aliphatic heterocycles. The summed E-state index contributed by atoms with van der Waals surface area (Å²) < 4.78 is 1.13. The van der Waals surface area contributed by atoms with Gasteiger partial charge < -0.3 is 0 Å². The number of rotatable bonds is 6. The summed E-state index contributed by atoms with van der Waals surface area (Å²) in [7, 11) is 0. The molecule has 0 aliphatic carbocycles. The van der Waals surface area contributed by atoms with E-state index in [0.29, 0.717) is 0 Å². The Hall–Kier alpha value is -5.06. The molecule has 0 saturated carbocycles. The van der Waals surface area contributed by atoms with E-state index in [4.69, 9.17) is 0 Å². The van der Waals surface area contributed by atoms with Crippen LogP contribution in [0.1, 0.15) is 0 Å². The highest BCUT2D eigenvalue weighted by Crippen LogP contribution is 2.43. The van der Waals surface area contributed by atoms with Crippen molar-refractivity contribution in [3.05, 3.63) is 180 Å². The van der Waals surface area contributed by atoms with Crippen LogP contribution < -0.4 is 0 Å². The van der Waals surface area contributed by atoms with Gasteiger partial charge in [0.1, 0.15) is 0 Å². The third kappa shape index (κ3) is 5.64. The van der Waals surface area contributed by atoms with Crippen LogP contribution in [-0.4, -0.2) is 0 Å². The lowest BCUT2D eigenvalue weighted by Crippen LogP contribution is -1.88. The fourth-order valence-electron chi connectivity index (χ4n) is 6.80. The molecule has 0 unspecified atom stereocenters. The Bertz CT molecular complexity index is 2430. The topological polar surface area (TPSA) is 0 Å². The fourth-order valence-corrected chi connectivity index (χ4v) is 9.51. The van der Waals surface area contributed by atoms with Gasteiger partial charge in [0.2, 0.25) is 0 Å². The molecule has 9 rings (SSSR count). The van der Waals surface area contributed by atoms with E-state index in [-0.39, 0.29) is 0 Å². The zero-order valence-corrected chi connectivity index (χ0v) is 29.7. The monoisotopic (exact) mass is 724 g/mol. The van der Waals surface area contributed by atoms with Crippen LogP contribution in [0.2, 0.25) is 0 Å². The van der Waals surface area contributed by atoms with Crippen molar-refractivity contribution in [2.45, 2.75) is 0 Å². The molecule has 0 atom stereocenters. The number of hydrogen-bond acceptors (Lipinski definition) is 2. The Balaban J connectivity index is 1.13. The lowest BCUT2D eigenvalue weighted by molar-refractivity contribution is 1.63. The van der Waals surface area contributed by atoms with Crippen molar-refractivity contribution in [3.63, 3.8) is 0 Å². The van der Waals surface area contributed by atoms with Gasteiger partial charge in [0.05, 0.1) is 0 Å². The second-order valence-electron chi connectivity index (χ2n) is 12.2. The van der Waals surface area contributed by atoms with Crippen molar-refractivity contribution in [2.75, 3.05) is 0 Å². The SMILES string of the molecule is Brc1c2cccc(-c3cccc(-c4ccc(-c5ccccc5)s4)c3)c2cc2c(-c3cccc(-c4ccc(-c5ccccc5)s4)c3)cccc12. The van der Waals surface area contributed by atoms with Gasteiger partial charge in [0.25, 0.3) is 0 Å². The molecule has 9 aromatic rings. The van der Waals surface area contributed by atoms with Crippen molar-refractivity contribution in [1.29, 1.82) is 0 Å². The number of benzene rings is 7. The van der Waals surface area contributed by atoms with Crippen molar-refractivity contribution in [2.24, 2.45) is 0 Å².